The number of hydrogen-bond donors (Lipinski definition) is 0. The Labute approximate surface area is 159 Å². The van der Waals surface area contributed by atoms with Gasteiger partial charge in [-0.3, -0.25) is 4.79 Å². The first-order chi connectivity index (χ1) is 13.3. The first-order valence-electron chi connectivity index (χ1n) is 8.98. The quantitative estimate of drug-likeness (QED) is 0.548. The number of para-hydroxylation sites is 1. The highest BCUT2D eigenvalue weighted by atomic mass is 19.4. The molecular weight excluding hydrogens is 373 g/mol. The van der Waals surface area contributed by atoms with Gasteiger partial charge < -0.3 is 14.2 Å². The van der Waals surface area contributed by atoms with Gasteiger partial charge in [0.1, 0.15) is 6.04 Å². The van der Waals surface area contributed by atoms with Crippen LogP contribution in [0.2, 0.25) is 0 Å². The zero-order valence-corrected chi connectivity index (χ0v) is 15.4. The summed E-state index contributed by atoms with van der Waals surface area (Å²) in [6.07, 6.45) is -3.01. The van der Waals surface area contributed by atoms with E-state index in [-0.39, 0.29) is 18.9 Å². The van der Waals surface area contributed by atoms with Crippen LogP contribution in [0, 0.1) is 5.92 Å². The number of benzene rings is 1. The Balaban J connectivity index is 1.96. The Bertz CT molecular complexity index is 992. The molecule has 4 rings (SSSR count). The number of halogens is 3. The van der Waals surface area contributed by atoms with E-state index in [1.54, 1.807) is 23.6 Å². The lowest BCUT2D eigenvalue weighted by Crippen LogP contribution is -2.52. The van der Waals surface area contributed by atoms with Crippen LogP contribution in [0.25, 0.3) is 10.9 Å². The van der Waals surface area contributed by atoms with Crippen molar-refractivity contribution in [1.29, 1.82) is 0 Å². The van der Waals surface area contributed by atoms with Crippen molar-refractivity contribution in [2.24, 2.45) is 5.92 Å². The van der Waals surface area contributed by atoms with Gasteiger partial charge >= 0.3 is 18.1 Å². The molecule has 1 saturated heterocycles. The molecule has 1 amide bonds. The monoisotopic (exact) mass is 392 g/mol. The van der Waals surface area contributed by atoms with Gasteiger partial charge in [0.15, 0.2) is 0 Å². The summed E-state index contributed by atoms with van der Waals surface area (Å²) >= 11 is 0. The second-order valence-electron chi connectivity index (χ2n) is 7.12. The van der Waals surface area contributed by atoms with Crippen molar-refractivity contribution in [3.05, 3.63) is 47.7 Å². The molecule has 0 saturated carbocycles. The number of aromatic nitrogens is 1. The number of alkyl halides is 3. The zero-order valence-electron chi connectivity index (χ0n) is 15.4. The van der Waals surface area contributed by atoms with Gasteiger partial charge in [-0.1, -0.05) is 24.3 Å². The van der Waals surface area contributed by atoms with Crippen LogP contribution in [0.3, 0.4) is 0 Å². The van der Waals surface area contributed by atoms with Crippen LogP contribution in [0.1, 0.15) is 31.1 Å². The maximum Gasteiger partial charge on any atom is 0.471 e. The van der Waals surface area contributed by atoms with Crippen LogP contribution in [-0.4, -0.2) is 41.2 Å². The highest BCUT2D eigenvalue weighted by molar-refractivity contribution is 5.87. The third-order valence-corrected chi connectivity index (χ3v) is 5.78. The number of carbonyl (C=O) groups excluding carboxylic acids is 2. The molecular formula is C20H19F3N2O3. The Morgan fingerprint density at radius 2 is 1.96 bits per heavy atom. The van der Waals surface area contributed by atoms with E-state index in [0.29, 0.717) is 11.3 Å². The third-order valence-electron chi connectivity index (χ3n) is 5.78. The average molecular weight is 392 g/mol. The summed E-state index contributed by atoms with van der Waals surface area (Å²) < 4.78 is 46.5. The van der Waals surface area contributed by atoms with Gasteiger partial charge in [-0.2, -0.15) is 13.2 Å². The zero-order chi connectivity index (χ0) is 20.2. The second kappa shape index (κ2) is 6.39. The SMILES string of the molecule is C/C=C1/CN(C(=O)C(F)(F)F)[C@H]2C[C@@H]1[C@@H](C(=O)OC)n1c2cc2ccccc21. The maximum atomic E-state index is 13.2. The van der Waals surface area contributed by atoms with Crippen molar-refractivity contribution >= 4 is 22.8 Å². The highest BCUT2D eigenvalue weighted by Crippen LogP contribution is 2.50. The number of nitrogens with zero attached hydrogens (tertiary/aromatic N) is 2. The Kier molecular flexibility index (Phi) is 4.24. The lowest BCUT2D eigenvalue weighted by molar-refractivity contribution is -0.189. The van der Waals surface area contributed by atoms with Crippen LogP contribution in [0.4, 0.5) is 13.2 Å². The lowest BCUT2D eigenvalue weighted by atomic mass is 9.77. The number of methoxy groups -OCH3 is 1. The number of piperidine rings is 1. The van der Waals surface area contributed by atoms with Gasteiger partial charge in [0.05, 0.1) is 13.2 Å². The number of fused-ring (bicyclic) bond motifs is 6. The predicted molar refractivity (Wildman–Crippen MR) is 95.4 cm³/mol. The number of carbonyl (C=O) groups is 2. The molecule has 2 aromatic rings. The van der Waals surface area contributed by atoms with Crippen molar-refractivity contribution in [1.82, 2.24) is 9.47 Å². The van der Waals surface area contributed by atoms with E-state index in [2.05, 4.69) is 0 Å². The first-order valence-corrected chi connectivity index (χ1v) is 8.98. The molecule has 2 bridgehead atoms. The molecule has 0 N–H and O–H groups in total. The Morgan fingerprint density at radius 3 is 2.61 bits per heavy atom. The van der Waals surface area contributed by atoms with Gasteiger partial charge in [-0.25, -0.2) is 4.79 Å². The summed E-state index contributed by atoms with van der Waals surface area (Å²) in [5.41, 5.74) is 1.90. The van der Waals surface area contributed by atoms with E-state index in [1.165, 1.54) is 7.11 Å². The van der Waals surface area contributed by atoms with Crippen LogP contribution < -0.4 is 0 Å². The summed E-state index contributed by atoms with van der Waals surface area (Å²) in [5.74, 6) is -2.63. The molecule has 3 heterocycles. The maximum absolute atomic E-state index is 13.2. The number of allylic oxidation sites excluding steroid dienone is 1. The molecule has 0 unspecified atom stereocenters. The Hall–Kier alpha value is -2.77. The lowest BCUT2D eigenvalue weighted by Gasteiger charge is -2.48. The number of ether oxygens (including phenoxy) is 1. The second-order valence-corrected chi connectivity index (χ2v) is 7.12. The molecule has 2 aliphatic heterocycles. The van der Waals surface area contributed by atoms with E-state index in [1.807, 2.05) is 24.3 Å². The molecule has 148 valence electrons. The molecule has 28 heavy (non-hydrogen) atoms. The van der Waals surface area contributed by atoms with Crippen LogP contribution >= 0.6 is 0 Å². The molecule has 8 heteroatoms. The van der Waals surface area contributed by atoms with Crippen molar-refractivity contribution in [2.75, 3.05) is 13.7 Å². The molecule has 1 aromatic heterocycles. The fourth-order valence-corrected chi connectivity index (χ4v) is 4.57. The van der Waals surface area contributed by atoms with E-state index in [4.69, 9.17) is 4.74 Å². The predicted octanol–water partition coefficient (Wildman–Crippen LogP) is 3.77. The van der Waals surface area contributed by atoms with Gasteiger partial charge in [0.25, 0.3) is 0 Å². The molecule has 1 fully saturated rings. The topological polar surface area (TPSA) is 51.5 Å². The van der Waals surface area contributed by atoms with Crippen LogP contribution in [0.5, 0.6) is 0 Å². The largest absolute Gasteiger partial charge is 0.471 e. The number of hydrogen-bond acceptors (Lipinski definition) is 3. The van der Waals surface area contributed by atoms with Crippen molar-refractivity contribution < 1.29 is 27.5 Å². The minimum atomic E-state index is -4.96. The summed E-state index contributed by atoms with van der Waals surface area (Å²) in [6, 6.07) is 7.63. The fourth-order valence-electron chi connectivity index (χ4n) is 4.57. The normalized spacial score (nSPS) is 25.7. The summed E-state index contributed by atoms with van der Waals surface area (Å²) in [7, 11) is 1.30. The smallest absolute Gasteiger partial charge is 0.467 e. The minimum absolute atomic E-state index is 0.154. The molecule has 0 aliphatic carbocycles. The van der Waals surface area contributed by atoms with Gasteiger partial charge in [-0.15, -0.1) is 0 Å². The van der Waals surface area contributed by atoms with Crippen molar-refractivity contribution in [3.8, 4) is 0 Å². The number of rotatable bonds is 1. The van der Waals surface area contributed by atoms with E-state index >= 15 is 0 Å². The van der Waals surface area contributed by atoms with E-state index in [9.17, 15) is 22.8 Å². The number of likely N-dealkylation sites (tertiary alicyclic amines) is 1. The van der Waals surface area contributed by atoms with Crippen LogP contribution in [-0.2, 0) is 14.3 Å². The molecule has 0 radical (unpaired) electrons. The molecule has 1 aromatic carbocycles. The van der Waals surface area contributed by atoms with E-state index < -0.39 is 30.1 Å². The standard InChI is InChI=1S/C20H19F3N2O3/c1-3-11-10-24(19(27)20(21,22)23)15-9-13(11)17(18(26)28-2)25-14-7-5-4-6-12(14)8-16(15)25/h3-8,13,15,17H,9-10H2,1-2H3/b11-3-/t13-,15-,17-/m0/s1. The molecule has 0 spiro atoms. The van der Waals surface area contributed by atoms with Crippen molar-refractivity contribution in [3.63, 3.8) is 0 Å². The third kappa shape index (κ3) is 2.62. The summed E-state index contributed by atoms with van der Waals surface area (Å²) in [6.45, 7) is 1.56. The highest BCUT2D eigenvalue weighted by Gasteiger charge is 2.52. The first kappa shape index (κ1) is 18.6. The number of amides is 1. The summed E-state index contributed by atoms with van der Waals surface area (Å²) in [5, 5.41) is 0.806. The average Bonchev–Trinajstić information content (AvgIpc) is 3.06. The molecule has 3 atom stereocenters. The van der Waals surface area contributed by atoms with E-state index in [0.717, 1.165) is 15.8 Å². The van der Waals surface area contributed by atoms with Gasteiger partial charge in [0, 0.05) is 23.7 Å². The molecule has 5 nitrogen and oxygen atoms in total. The molecule has 2 aliphatic rings. The Morgan fingerprint density at radius 1 is 1.25 bits per heavy atom. The number of esters is 1. The van der Waals surface area contributed by atoms with Crippen LogP contribution in [0.15, 0.2) is 42.0 Å². The summed E-state index contributed by atoms with van der Waals surface area (Å²) in [4.78, 5) is 25.7. The fraction of sp³-hybridized carbons (Fsp3) is 0.400. The minimum Gasteiger partial charge on any atom is -0.467 e. The van der Waals surface area contributed by atoms with Crippen molar-refractivity contribution in [2.45, 2.75) is 31.6 Å². The van der Waals surface area contributed by atoms with Gasteiger partial charge in [-0.05, 0) is 36.4 Å². The van der Waals surface area contributed by atoms with Gasteiger partial charge in [0.2, 0.25) is 0 Å².